The third kappa shape index (κ3) is 7.75. The molecule has 7 nitrogen and oxygen atoms in total. The molecule has 39 heavy (non-hydrogen) atoms. The molecule has 0 radical (unpaired) electrons. The van der Waals surface area contributed by atoms with Crippen LogP contribution >= 0.6 is 23.2 Å². The van der Waals surface area contributed by atoms with Gasteiger partial charge < -0.3 is 10.2 Å². The summed E-state index contributed by atoms with van der Waals surface area (Å²) < 4.78 is 28.6. The molecule has 3 aromatic rings. The van der Waals surface area contributed by atoms with Crippen LogP contribution < -0.4 is 9.62 Å². The number of rotatable bonds is 11. The molecule has 0 aliphatic heterocycles. The molecule has 0 unspecified atom stereocenters. The van der Waals surface area contributed by atoms with Crippen LogP contribution in [0.2, 0.25) is 10.0 Å². The van der Waals surface area contributed by atoms with Crippen molar-refractivity contribution in [3.05, 3.63) is 94.0 Å². The lowest BCUT2D eigenvalue weighted by molar-refractivity contribution is -0.139. The molecule has 0 heterocycles. The molecule has 0 fully saturated rings. The molecule has 0 saturated heterocycles. The Morgan fingerprint density at radius 1 is 0.949 bits per heavy atom. The lowest BCUT2D eigenvalue weighted by Crippen LogP contribution is -2.52. The molecule has 208 valence electrons. The van der Waals surface area contributed by atoms with Crippen molar-refractivity contribution in [2.75, 3.05) is 10.8 Å². The van der Waals surface area contributed by atoms with E-state index in [0.717, 1.165) is 9.87 Å². The number of amides is 2. The third-order valence-electron chi connectivity index (χ3n) is 6.46. The van der Waals surface area contributed by atoms with Gasteiger partial charge in [0.05, 0.1) is 10.6 Å². The van der Waals surface area contributed by atoms with E-state index in [-0.39, 0.29) is 23.4 Å². The summed E-state index contributed by atoms with van der Waals surface area (Å²) in [6.45, 7) is 6.78. The van der Waals surface area contributed by atoms with Gasteiger partial charge in [-0.05, 0) is 69.2 Å². The molecule has 0 spiro atoms. The fraction of sp³-hybridized carbons (Fsp3) is 0.310. The zero-order valence-corrected chi connectivity index (χ0v) is 24.7. The molecule has 0 bridgehead atoms. The molecule has 10 heteroatoms. The molecular weight excluding hydrogens is 557 g/mol. The van der Waals surface area contributed by atoms with Gasteiger partial charge in [-0.25, -0.2) is 8.42 Å². The molecule has 3 rings (SSSR count). The van der Waals surface area contributed by atoms with Crippen molar-refractivity contribution in [2.24, 2.45) is 0 Å². The van der Waals surface area contributed by atoms with Crippen LogP contribution in [-0.2, 0) is 26.2 Å². The number of nitrogens with zero attached hydrogens (tertiary/aromatic N) is 2. The summed E-state index contributed by atoms with van der Waals surface area (Å²) in [4.78, 5) is 28.4. The first-order valence-corrected chi connectivity index (χ1v) is 14.8. The van der Waals surface area contributed by atoms with Crippen LogP contribution in [0.3, 0.4) is 0 Å². The summed E-state index contributed by atoms with van der Waals surface area (Å²) in [5.41, 5.74) is 1.85. The van der Waals surface area contributed by atoms with Crippen LogP contribution in [0.5, 0.6) is 0 Å². The van der Waals surface area contributed by atoms with E-state index in [2.05, 4.69) is 5.32 Å². The van der Waals surface area contributed by atoms with Gasteiger partial charge in [-0.15, -0.1) is 0 Å². The highest BCUT2D eigenvalue weighted by Gasteiger charge is 2.33. The number of nitrogens with one attached hydrogen (secondary N) is 1. The standard InChI is InChI=1S/C29H33Cl2N3O4S/c1-5-21(3)32-29(36)22(4)33(18-23-13-14-24(30)17-27(23)31)28(35)19-34(25-15-11-20(2)12-16-25)39(37,38)26-9-7-6-8-10-26/h6-17,21-22H,5,18-19H2,1-4H3,(H,32,36)/t21-,22+/m1/s1. The summed E-state index contributed by atoms with van der Waals surface area (Å²) in [6.07, 6.45) is 0.714. The minimum absolute atomic E-state index is 0.0168. The fourth-order valence-corrected chi connectivity index (χ4v) is 5.74. The smallest absolute Gasteiger partial charge is 0.264 e. The zero-order chi connectivity index (χ0) is 28.7. The second kappa shape index (κ2) is 13.3. The molecule has 0 aliphatic carbocycles. The Hall–Kier alpha value is -3.07. The van der Waals surface area contributed by atoms with Crippen molar-refractivity contribution in [2.45, 2.75) is 57.6 Å². The van der Waals surface area contributed by atoms with Gasteiger partial charge in [-0.2, -0.15) is 0 Å². The number of halogens is 2. The summed E-state index contributed by atoms with van der Waals surface area (Å²) >= 11 is 12.5. The number of carbonyl (C=O) groups excluding carboxylic acids is 2. The van der Waals surface area contributed by atoms with Crippen molar-refractivity contribution in [3.63, 3.8) is 0 Å². The first-order chi connectivity index (χ1) is 18.4. The van der Waals surface area contributed by atoms with Crippen LogP contribution in [-0.4, -0.2) is 43.8 Å². The maximum atomic E-state index is 13.9. The Morgan fingerprint density at radius 3 is 2.18 bits per heavy atom. The van der Waals surface area contributed by atoms with Crippen molar-refractivity contribution in [1.29, 1.82) is 0 Å². The SMILES string of the molecule is CC[C@@H](C)NC(=O)[C@H](C)N(Cc1ccc(Cl)cc1Cl)C(=O)CN(c1ccc(C)cc1)S(=O)(=O)c1ccccc1. The number of aryl methyl sites for hydroxylation is 1. The molecule has 3 aromatic carbocycles. The number of benzene rings is 3. The predicted molar refractivity (Wildman–Crippen MR) is 157 cm³/mol. The Balaban J connectivity index is 2.03. The zero-order valence-electron chi connectivity index (χ0n) is 22.4. The average Bonchev–Trinajstić information content (AvgIpc) is 2.91. The highest BCUT2D eigenvalue weighted by molar-refractivity contribution is 7.92. The van der Waals surface area contributed by atoms with E-state index in [1.54, 1.807) is 67.6 Å². The van der Waals surface area contributed by atoms with Crippen LogP contribution in [0.1, 0.15) is 38.3 Å². The van der Waals surface area contributed by atoms with Crippen LogP contribution in [0.25, 0.3) is 0 Å². The van der Waals surface area contributed by atoms with Crippen molar-refractivity contribution >= 4 is 50.7 Å². The molecule has 0 aliphatic rings. The summed E-state index contributed by atoms with van der Waals surface area (Å²) in [5, 5.41) is 3.67. The van der Waals surface area contributed by atoms with Crippen LogP contribution in [0.15, 0.2) is 77.7 Å². The van der Waals surface area contributed by atoms with Gasteiger partial charge in [0.1, 0.15) is 12.6 Å². The van der Waals surface area contributed by atoms with E-state index < -0.39 is 28.5 Å². The monoisotopic (exact) mass is 589 g/mol. The lowest BCUT2D eigenvalue weighted by atomic mass is 10.1. The Morgan fingerprint density at radius 2 is 1.59 bits per heavy atom. The van der Waals surface area contributed by atoms with Gasteiger partial charge in [0, 0.05) is 22.6 Å². The summed E-state index contributed by atoms with van der Waals surface area (Å²) in [6, 6.07) is 18.7. The number of hydrogen-bond acceptors (Lipinski definition) is 4. The number of carbonyl (C=O) groups is 2. The predicted octanol–water partition coefficient (Wildman–Crippen LogP) is 5.83. The molecule has 1 N–H and O–H groups in total. The van der Waals surface area contributed by atoms with Crippen molar-refractivity contribution < 1.29 is 18.0 Å². The van der Waals surface area contributed by atoms with Crippen LogP contribution in [0.4, 0.5) is 5.69 Å². The Labute approximate surface area is 240 Å². The average molecular weight is 591 g/mol. The van der Waals surface area contributed by atoms with Gasteiger partial charge >= 0.3 is 0 Å². The second-order valence-electron chi connectivity index (χ2n) is 9.41. The van der Waals surface area contributed by atoms with E-state index in [0.29, 0.717) is 27.7 Å². The van der Waals surface area contributed by atoms with E-state index in [4.69, 9.17) is 23.2 Å². The first-order valence-electron chi connectivity index (χ1n) is 12.6. The second-order valence-corrected chi connectivity index (χ2v) is 12.1. The molecule has 0 aromatic heterocycles. The normalized spacial score (nSPS) is 12.9. The molecule has 2 atom stereocenters. The van der Waals surface area contributed by atoms with Gasteiger partial charge in [0.25, 0.3) is 10.0 Å². The fourth-order valence-electron chi connectivity index (χ4n) is 3.84. The van der Waals surface area contributed by atoms with E-state index in [9.17, 15) is 18.0 Å². The maximum Gasteiger partial charge on any atom is 0.264 e. The Kier molecular flexibility index (Phi) is 10.4. The summed E-state index contributed by atoms with van der Waals surface area (Å²) in [7, 11) is -4.11. The highest BCUT2D eigenvalue weighted by atomic mass is 35.5. The van der Waals surface area contributed by atoms with Crippen molar-refractivity contribution in [3.8, 4) is 0 Å². The number of anilines is 1. The minimum atomic E-state index is -4.11. The van der Waals surface area contributed by atoms with Gasteiger partial charge in [-0.1, -0.05) is 72.1 Å². The third-order valence-corrected chi connectivity index (χ3v) is 8.83. The lowest BCUT2D eigenvalue weighted by Gasteiger charge is -2.32. The Bertz CT molecular complexity index is 1400. The van der Waals surface area contributed by atoms with Crippen molar-refractivity contribution in [1.82, 2.24) is 10.2 Å². The maximum absolute atomic E-state index is 13.9. The largest absolute Gasteiger partial charge is 0.352 e. The van der Waals surface area contributed by atoms with Gasteiger partial charge in [-0.3, -0.25) is 13.9 Å². The summed E-state index contributed by atoms with van der Waals surface area (Å²) in [5.74, 6) is -0.913. The van der Waals surface area contributed by atoms with E-state index in [1.165, 1.54) is 17.0 Å². The first kappa shape index (κ1) is 30.5. The van der Waals surface area contributed by atoms with Gasteiger partial charge in [0.15, 0.2) is 0 Å². The topological polar surface area (TPSA) is 86.8 Å². The van der Waals surface area contributed by atoms with E-state index in [1.807, 2.05) is 20.8 Å². The molecule has 0 saturated carbocycles. The number of hydrogen-bond donors (Lipinski definition) is 1. The van der Waals surface area contributed by atoms with E-state index >= 15 is 0 Å². The minimum Gasteiger partial charge on any atom is -0.352 e. The molecular formula is C29H33Cl2N3O4S. The van der Waals surface area contributed by atoms with Crippen LogP contribution in [0, 0.1) is 6.92 Å². The number of sulfonamides is 1. The molecule has 2 amide bonds. The van der Waals surface area contributed by atoms with Gasteiger partial charge in [0.2, 0.25) is 11.8 Å². The highest BCUT2D eigenvalue weighted by Crippen LogP contribution is 2.26. The quantitative estimate of drug-likeness (QED) is 0.305.